The number of nitrogens with zero attached hydrogens (tertiary/aromatic N) is 3. The van der Waals surface area contributed by atoms with Gasteiger partial charge in [-0.15, -0.1) is 0 Å². The molecule has 0 atom stereocenters. The predicted octanol–water partition coefficient (Wildman–Crippen LogP) is 1.58. The third kappa shape index (κ3) is 1.89. The fourth-order valence-electron chi connectivity index (χ4n) is 1.74. The monoisotopic (exact) mass is 215 g/mol. The maximum Gasteiger partial charge on any atom is 0.272 e. The number of aromatic nitrogens is 1. The minimum Gasteiger partial charge on any atom is -0.337 e. The third-order valence-corrected chi connectivity index (χ3v) is 3.05. The van der Waals surface area contributed by atoms with Gasteiger partial charge in [0.15, 0.2) is 0 Å². The molecule has 1 aliphatic carbocycles. The number of carbonyl (C=O) groups excluding carboxylic acids is 1. The molecule has 1 saturated carbocycles. The molecule has 0 aromatic carbocycles. The van der Waals surface area contributed by atoms with Crippen LogP contribution >= 0.6 is 0 Å². The summed E-state index contributed by atoms with van der Waals surface area (Å²) in [4.78, 5) is 17.7. The maximum atomic E-state index is 12.0. The average Bonchev–Trinajstić information content (AvgIpc) is 2.25. The Hall–Kier alpha value is -1.89. The van der Waals surface area contributed by atoms with Gasteiger partial charge in [-0.05, 0) is 31.4 Å². The second-order valence-corrected chi connectivity index (χ2v) is 4.04. The molecule has 1 aliphatic rings. The molecule has 0 unspecified atom stereocenters. The molecule has 1 heterocycles. The Bertz CT molecular complexity index is 446. The molecule has 4 nitrogen and oxygen atoms in total. The summed E-state index contributed by atoms with van der Waals surface area (Å²) in [6, 6.07) is 5.49. The van der Waals surface area contributed by atoms with Gasteiger partial charge in [0.25, 0.3) is 5.91 Å². The fraction of sp³-hybridized carbons (Fsp3) is 0.417. The van der Waals surface area contributed by atoms with Gasteiger partial charge in [-0.2, -0.15) is 5.26 Å². The van der Waals surface area contributed by atoms with Crippen molar-refractivity contribution in [3.63, 3.8) is 0 Å². The number of hydrogen-bond donors (Lipinski definition) is 0. The Balaban J connectivity index is 2.16. The summed E-state index contributed by atoms with van der Waals surface area (Å²) in [5.74, 6) is -0.0956. The van der Waals surface area contributed by atoms with E-state index in [0.29, 0.717) is 17.3 Å². The molecule has 16 heavy (non-hydrogen) atoms. The maximum absolute atomic E-state index is 12.0. The average molecular weight is 215 g/mol. The molecular formula is C12H13N3O. The number of pyridine rings is 1. The SMILES string of the molecule is CN(C(=O)c1cc(C#N)ccn1)C1CCC1. The van der Waals surface area contributed by atoms with Crippen LogP contribution in [0.5, 0.6) is 0 Å². The van der Waals surface area contributed by atoms with Crippen LogP contribution in [0.4, 0.5) is 0 Å². The molecule has 0 radical (unpaired) electrons. The lowest BCUT2D eigenvalue weighted by molar-refractivity contribution is 0.0646. The minimum absolute atomic E-state index is 0.0956. The summed E-state index contributed by atoms with van der Waals surface area (Å²) in [6.07, 6.45) is 4.83. The number of nitriles is 1. The zero-order valence-electron chi connectivity index (χ0n) is 9.18. The van der Waals surface area contributed by atoms with E-state index in [0.717, 1.165) is 12.8 Å². The summed E-state index contributed by atoms with van der Waals surface area (Å²) in [5.41, 5.74) is 0.828. The van der Waals surface area contributed by atoms with E-state index in [4.69, 9.17) is 5.26 Å². The van der Waals surface area contributed by atoms with Crippen molar-refractivity contribution in [2.75, 3.05) is 7.05 Å². The van der Waals surface area contributed by atoms with Gasteiger partial charge >= 0.3 is 0 Å². The van der Waals surface area contributed by atoms with Crippen LogP contribution in [0.2, 0.25) is 0 Å². The number of amides is 1. The van der Waals surface area contributed by atoms with E-state index in [1.807, 2.05) is 6.07 Å². The topological polar surface area (TPSA) is 57.0 Å². The van der Waals surface area contributed by atoms with E-state index in [1.165, 1.54) is 18.7 Å². The van der Waals surface area contributed by atoms with Crippen molar-refractivity contribution < 1.29 is 4.79 Å². The van der Waals surface area contributed by atoms with Gasteiger partial charge in [0.1, 0.15) is 5.69 Å². The first-order chi connectivity index (χ1) is 7.72. The van der Waals surface area contributed by atoms with Crippen molar-refractivity contribution in [3.8, 4) is 6.07 Å². The minimum atomic E-state index is -0.0956. The highest BCUT2D eigenvalue weighted by Crippen LogP contribution is 2.24. The summed E-state index contributed by atoms with van der Waals surface area (Å²) >= 11 is 0. The Morgan fingerprint density at radius 3 is 2.94 bits per heavy atom. The Morgan fingerprint density at radius 1 is 1.62 bits per heavy atom. The normalized spacial score (nSPS) is 15.0. The van der Waals surface area contributed by atoms with Crippen LogP contribution in [-0.4, -0.2) is 28.9 Å². The molecule has 1 aromatic rings. The summed E-state index contributed by atoms with van der Waals surface area (Å²) in [6.45, 7) is 0. The lowest BCUT2D eigenvalue weighted by atomic mass is 9.91. The van der Waals surface area contributed by atoms with Crippen molar-refractivity contribution in [2.24, 2.45) is 0 Å². The first-order valence-corrected chi connectivity index (χ1v) is 5.35. The van der Waals surface area contributed by atoms with Crippen LogP contribution < -0.4 is 0 Å². The molecule has 1 fully saturated rings. The fourth-order valence-corrected chi connectivity index (χ4v) is 1.74. The van der Waals surface area contributed by atoms with Gasteiger partial charge in [-0.25, -0.2) is 0 Å². The zero-order chi connectivity index (χ0) is 11.5. The van der Waals surface area contributed by atoms with E-state index in [-0.39, 0.29) is 5.91 Å². The standard InChI is InChI=1S/C12H13N3O/c1-15(10-3-2-4-10)12(16)11-7-9(8-13)5-6-14-11/h5-7,10H,2-4H2,1H3. The van der Waals surface area contributed by atoms with Gasteiger partial charge < -0.3 is 4.90 Å². The van der Waals surface area contributed by atoms with Crippen molar-refractivity contribution in [1.29, 1.82) is 5.26 Å². The Kier molecular flexibility index (Phi) is 2.86. The van der Waals surface area contributed by atoms with Crippen LogP contribution in [0.25, 0.3) is 0 Å². The predicted molar refractivity (Wildman–Crippen MR) is 58.7 cm³/mol. The summed E-state index contributed by atoms with van der Waals surface area (Å²) in [7, 11) is 1.80. The first-order valence-electron chi connectivity index (χ1n) is 5.35. The summed E-state index contributed by atoms with van der Waals surface area (Å²) < 4.78 is 0. The van der Waals surface area contributed by atoms with Crippen LogP contribution in [0.15, 0.2) is 18.3 Å². The highest BCUT2D eigenvalue weighted by atomic mass is 16.2. The van der Waals surface area contributed by atoms with Crippen molar-refractivity contribution in [1.82, 2.24) is 9.88 Å². The van der Waals surface area contributed by atoms with Crippen molar-refractivity contribution in [3.05, 3.63) is 29.6 Å². The molecule has 0 bridgehead atoms. The number of rotatable bonds is 2. The molecule has 1 aromatic heterocycles. The highest BCUT2D eigenvalue weighted by Gasteiger charge is 2.26. The molecule has 4 heteroatoms. The second-order valence-electron chi connectivity index (χ2n) is 4.04. The molecule has 0 saturated heterocycles. The van der Waals surface area contributed by atoms with E-state index in [1.54, 1.807) is 18.0 Å². The van der Waals surface area contributed by atoms with Crippen LogP contribution in [0.1, 0.15) is 35.3 Å². The van der Waals surface area contributed by atoms with Crippen molar-refractivity contribution >= 4 is 5.91 Å². The molecular weight excluding hydrogens is 202 g/mol. The Morgan fingerprint density at radius 2 is 2.38 bits per heavy atom. The smallest absolute Gasteiger partial charge is 0.272 e. The van der Waals surface area contributed by atoms with Gasteiger partial charge in [0.2, 0.25) is 0 Å². The lowest BCUT2D eigenvalue weighted by Gasteiger charge is -2.34. The van der Waals surface area contributed by atoms with E-state index in [9.17, 15) is 4.79 Å². The Labute approximate surface area is 94.5 Å². The summed E-state index contributed by atoms with van der Waals surface area (Å²) in [5, 5.41) is 8.75. The number of hydrogen-bond acceptors (Lipinski definition) is 3. The van der Waals surface area contributed by atoms with Gasteiger partial charge in [0, 0.05) is 19.3 Å². The van der Waals surface area contributed by atoms with Crippen LogP contribution in [0.3, 0.4) is 0 Å². The van der Waals surface area contributed by atoms with Gasteiger partial charge in [-0.1, -0.05) is 0 Å². The molecule has 1 amide bonds. The largest absolute Gasteiger partial charge is 0.337 e. The van der Waals surface area contributed by atoms with E-state index in [2.05, 4.69) is 4.98 Å². The van der Waals surface area contributed by atoms with E-state index < -0.39 is 0 Å². The van der Waals surface area contributed by atoms with E-state index >= 15 is 0 Å². The van der Waals surface area contributed by atoms with Crippen molar-refractivity contribution in [2.45, 2.75) is 25.3 Å². The van der Waals surface area contributed by atoms with Gasteiger partial charge in [0.05, 0.1) is 11.6 Å². The zero-order valence-corrected chi connectivity index (χ0v) is 9.18. The highest BCUT2D eigenvalue weighted by molar-refractivity contribution is 5.92. The number of carbonyl (C=O) groups is 1. The molecule has 2 rings (SSSR count). The molecule has 82 valence electrons. The molecule has 0 N–H and O–H groups in total. The third-order valence-electron chi connectivity index (χ3n) is 3.05. The quantitative estimate of drug-likeness (QED) is 0.752. The van der Waals surface area contributed by atoms with Gasteiger partial charge in [-0.3, -0.25) is 9.78 Å². The second kappa shape index (κ2) is 4.31. The first kappa shape index (κ1) is 10.6. The molecule has 0 spiro atoms. The molecule has 0 aliphatic heterocycles. The lowest BCUT2D eigenvalue weighted by Crippen LogP contribution is -2.41. The van der Waals surface area contributed by atoms with Crippen LogP contribution in [0, 0.1) is 11.3 Å². The van der Waals surface area contributed by atoms with Crippen LogP contribution in [-0.2, 0) is 0 Å².